The lowest BCUT2D eigenvalue weighted by atomic mass is 10.3. The normalized spacial score (nSPS) is 11.7. The molecule has 2 rings (SSSR count). The van der Waals surface area contributed by atoms with Gasteiger partial charge in [0.1, 0.15) is 36.6 Å². The monoisotopic (exact) mass is 289 g/mol. The molecule has 0 heterocycles. The maximum absolute atomic E-state index is 9.84. The van der Waals surface area contributed by atoms with Crippen LogP contribution in [0.25, 0.3) is 0 Å². The van der Waals surface area contributed by atoms with Crippen LogP contribution in [0.15, 0.2) is 48.5 Å². The number of nitrogen functional groups attached to an aromatic ring is 1. The number of nitrogens with two attached hydrogens (primary N) is 1. The Labute approximate surface area is 123 Å². The minimum absolute atomic E-state index is 0.139. The molecule has 0 radical (unpaired) electrons. The first-order valence-corrected chi connectivity index (χ1v) is 6.60. The Bertz CT molecular complexity index is 556. The average Bonchev–Trinajstić information content (AvgIpc) is 2.51. The first-order chi connectivity index (χ1) is 10.2. The van der Waals surface area contributed by atoms with E-state index in [1.165, 1.54) is 0 Å². The highest BCUT2D eigenvalue weighted by molar-refractivity contribution is 5.43. The molecule has 3 N–H and O–H groups in total. The van der Waals surface area contributed by atoms with Gasteiger partial charge in [-0.05, 0) is 36.4 Å². The summed E-state index contributed by atoms with van der Waals surface area (Å²) in [5.41, 5.74) is 6.27. The Balaban J connectivity index is 1.75. The van der Waals surface area contributed by atoms with E-state index in [2.05, 4.69) is 0 Å². The van der Waals surface area contributed by atoms with Crippen LogP contribution in [0.1, 0.15) is 0 Å². The fourth-order valence-electron chi connectivity index (χ4n) is 1.71. The molecule has 2 aromatic carbocycles. The largest absolute Gasteiger partial charge is 0.497 e. The summed E-state index contributed by atoms with van der Waals surface area (Å²) in [4.78, 5) is 0. The SMILES string of the molecule is COc1ccc(OCC(O)COc2cccc(N)c2)cc1. The van der Waals surface area contributed by atoms with Crippen molar-refractivity contribution in [3.63, 3.8) is 0 Å². The number of benzene rings is 2. The van der Waals surface area contributed by atoms with Crippen molar-refractivity contribution in [2.24, 2.45) is 0 Å². The van der Waals surface area contributed by atoms with E-state index < -0.39 is 6.10 Å². The Morgan fingerprint density at radius 3 is 2.19 bits per heavy atom. The number of methoxy groups -OCH3 is 1. The number of aliphatic hydroxyl groups is 1. The highest BCUT2D eigenvalue weighted by atomic mass is 16.5. The van der Waals surface area contributed by atoms with E-state index >= 15 is 0 Å². The van der Waals surface area contributed by atoms with Gasteiger partial charge in [-0.3, -0.25) is 0 Å². The molecule has 0 fully saturated rings. The molecule has 0 saturated carbocycles. The molecule has 0 aromatic heterocycles. The molecule has 0 amide bonds. The van der Waals surface area contributed by atoms with Crippen LogP contribution in [-0.4, -0.2) is 31.5 Å². The highest BCUT2D eigenvalue weighted by Gasteiger charge is 2.07. The summed E-state index contributed by atoms with van der Waals surface area (Å²) in [7, 11) is 1.60. The molecule has 0 saturated heterocycles. The molecule has 0 aliphatic carbocycles. The predicted octanol–water partition coefficient (Wildman–Crippen LogP) is 2.10. The molecule has 0 bridgehead atoms. The number of ether oxygens (including phenoxy) is 3. The molecule has 0 aliphatic rings. The number of rotatable bonds is 7. The second kappa shape index (κ2) is 7.40. The van der Waals surface area contributed by atoms with Crippen molar-refractivity contribution in [2.45, 2.75) is 6.10 Å². The molecule has 21 heavy (non-hydrogen) atoms. The molecule has 0 aliphatic heterocycles. The van der Waals surface area contributed by atoms with Crippen LogP contribution in [0.3, 0.4) is 0 Å². The van der Waals surface area contributed by atoms with Gasteiger partial charge in [-0.2, -0.15) is 0 Å². The first-order valence-electron chi connectivity index (χ1n) is 6.60. The molecule has 0 spiro atoms. The molecule has 5 heteroatoms. The summed E-state index contributed by atoms with van der Waals surface area (Å²) in [5, 5.41) is 9.84. The zero-order valence-electron chi connectivity index (χ0n) is 11.9. The summed E-state index contributed by atoms with van der Waals surface area (Å²) in [6, 6.07) is 14.2. The van der Waals surface area contributed by atoms with E-state index in [1.807, 2.05) is 0 Å². The molecule has 112 valence electrons. The maximum Gasteiger partial charge on any atom is 0.122 e. The van der Waals surface area contributed by atoms with E-state index in [9.17, 15) is 5.11 Å². The molecule has 5 nitrogen and oxygen atoms in total. The van der Waals surface area contributed by atoms with E-state index in [1.54, 1.807) is 55.6 Å². The third kappa shape index (κ3) is 4.89. The topological polar surface area (TPSA) is 73.9 Å². The smallest absolute Gasteiger partial charge is 0.122 e. The van der Waals surface area contributed by atoms with Gasteiger partial charge in [-0.1, -0.05) is 6.07 Å². The van der Waals surface area contributed by atoms with Gasteiger partial charge in [-0.15, -0.1) is 0 Å². The van der Waals surface area contributed by atoms with Crippen molar-refractivity contribution in [3.05, 3.63) is 48.5 Å². The summed E-state index contributed by atoms with van der Waals surface area (Å²) in [6.45, 7) is 0.286. The van der Waals surface area contributed by atoms with Crippen LogP contribution in [0, 0.1) is 0 Å². The van der Waals surface area contributed by atoms with Gasteiger partial charge in [0.2, 0.25) is 0 Å². The summed E-state index contributed by atoms with van der Waals surface area (Å²) < 4.78 is 16.0. The Kier molecular flexibility index (Phi) is 5.29. The van der Waals surface area contributed by atoms with Crippen LogP contribution >= 0.6 is 0 Å². The average molecular weight is 289 g/mol. The maximum atomic E-state index is 9.84. The molecule has 1 unspecified atom stereocenters. The van der Waals surface area contributed by atoms with Crippen molar-refractivity contribution >= 4 is 5.69 Å². The van der Waals surface area contributed by atoms with Crippen LogP contribution in [0.5, 0.6) is 17.2 Å². The number of hydrogen-bond donors (Lipinski definition) is 2. The van der Waals surface area contributed by atoms with E-state index in [-0.39, 0.29) is 13.2 Å². The summed E-state index contributed by atoms with van der Waals surface area (Å²) in [5.74, 6) is 2.05. The van der Waals surface area contributed by atoms with E-state index in [0.29, 0.717) is 17.2 Å². The van der Waals surface area contributed by atoms with Gasteiger partial charge in [0.15, 0.2) is 0 Å². The minimum Gasteiger partial charge on any atom is -0.497 e. The quantitative estimate of drug-likeness (QED) is 0.764. The van der Waals surface area contributed by atoms with Gasteiger partial charge in [-0.25, -0.2) is 0 Å². The van der Waals surface area contributed by atoms with Crippen LogP contribution in [0.4, 0.5) is 5.69 Å². The van der Waals surface area contributed by atoms with Crippen LogP contribution < -0.4 is 19.9 Å². The van der Waals surface area contributed by atoms with Crippen LogP contribution in [0.2, 0.25) is 0 Å². The van der Waals surface area contributed by atoms with Gasteiger partial charge in [0.05, 0.1) is 7.11 Å². The van der Waals surface area contributed by atoms with Gasteiger partial charge >= 0.3 is 0 Å². The van der Waals surface area contributed by atoms with Gasteiger partial charge < -0.3 is 25.1 Å². The Morgan fingerprint density at radius 1 is 0.952 bits per heavy atom. The highest BCUT2D eigenvalue weighted by Crippen LogP contribution is 2.17. The van der Waals surface area contributed by atoms with Crippen molar-refractivity contribution in [3.8, 4) is 17.2 Å². The molecular formula is C16H19NO4. The third-order valence-corrected chi connectivity index (χ3v) is 2.80. The number of anilines is 1. The van der Waals surface area contributed by atoms with Crippen molar-refractivity contribution < 1.29 is 19.3 Å². The van der Waals surface area contributed by atoms with Gasteiger partial charge in [0.25, 0.3) is 0 Å². The zero-order chi connectivity index (χ0) is 15.1. The van der Waals surface area contributed by atoms with Crippen molar-refractivity contribution in [1.82, 2.24) is 0 Å². The van der Waals surface area contributed by atoms with Crippen molar-refractivity contribution in [2.75, 3.05) is 26.1 Å². The standard InChI is InChI=1S/C16H19NO4/c1-19-14-5-7-15(8-6-14)20-10-13(18)11-21-16-4-2-3-12(17)9-16/h2-9,13,18H,10-11,17H2,1H3. The summed E-state index contributed by atoms with van der Waals surface area (Å²) in [6.07, 6.45) is -0.728. The van der Waals surface area contributed by atoms with Crippen LogP contribution in [-0.2, 0) is 0 Å². The Morgan fingerprint density at radius 2 is 1.57 bits per heavy atom. The fraction of sp³-hybridized carbons (Fsp3) is 0.250. The fourth-order valence-corrected chi connectivity index (χ4v) is 1.71. The Hall–Kier alpha value is -2.40. The van der Waals surface area contributed by atoms with Gasteiger partial charge in [0, 0.05) is 11.8 Å². The molecule has 2 aromatic rings. The minimum atomic E-state index is -0.728. The lowest BCUT2D eigenvalue weighted by Crippen LogP contribution is -2.25. The predicted molar refractivity (Wildman–Crippen MR) is 80.8 cm³/mol. The lowest BCUT2D eigenvalue weighted by molar-refractivity contribution is 0.0626. The number of aliphatic hydroxyl groups excluding tert-OH is 1. The third-order valence-electron chi connectivity index (χ3n) is 2.80. The summed E-state index contributed by atoms with van der Waals surface area (Å²) >= 11 is 0. The van der Waals surface area contributed by atoms with Crippen molar-refractivity contribution in [1.29, 1.82) is 0 Å². The molecular weight excluding hydrogens is 270 g/mol. The first kappa shape index (κ1) is 15.0. The number of hydrogen-bond acceptors (Lipinski definition) is 5. The molecule has 1 atom stereocenters. The zero-order valence-corrected chi connectivity index (χ0v) is 11.9. The lowest BCUT2D eigenvalue weighted by Gasteiger charge is -2.14. The van der Waals surface area contributed by atoms with E-state index in [4.69, 9.17) is 19.9 Å². The van der Waals surface area contributed by atoms with E-state index in [0.717, 1.165) is 5.75 Å². The second-order valence-electron chi connectivity index (χ2n) is 4.52. The second-order valence-corrected chi connectivity index (χ2v) is 4.52.